The zero-order valence-corrected chi connectivity index (χ0v) is 14.5. The third-order valence-electron chi connectivity index (χ3n) is 5.52. The van der Waals surface area contributed by atoms with Crippen LogP contribution in [0.4, 0.5) is 0 Å². The normalized spacial score (nSPS) is 39.1. The van der Waals surface area contributed by atoms with Crippen molar-refractivity contribution in [3.63, 3.8) is 0 Å². The third kappa shape index (κ3) is 3.48. The summed E-state index contributed by atoms with van der Waals surface area (Å²) in [6, 6.07) is 0.294. The maximum atomic E-state index is 12.8. The summed E-state index contributed by atoms with van der Waals surface area (Å²) in [5.41, 5.74) is 0.245. The molecule has 4 nitrogen and oxygen atoms in total. The minimum Gasteiger partial charge on any atom is -0.353 e. The molecule has 126 valence electrons. The van der Waals surface area contributed by atoms with E-state index in [2.05, 4.69) is 32.6 Å². The lowest BCUT2D eigenvalue weighted by Crippen LogP contribution is -2.37. The number of rotatable bonds is 3. The largest absolute Gasteiger partial charge is 0.353 e. The van der Waals surface area contributed by atoms with Crippen molar-refractivity contribution in [1.29, 1.82) is 0 Å². The van der Waals surface area contributed by atoms with Crippen molar-refractivity contribution in [2.45, 2.75) is 78.2 Å². The summed E-state index contributed by atoms with van der Waals surface area (Å²) < 4.78 is 11.7. The number of ether oxygens (including phenoxy) is 2. The summed E-state index contributed by atoms with van der Waals surface area (Å²) in [7, 11) is 0. The molecule has 4 heteroatoms. The Kier molecular flexibility index (Phi) is 4.52. The van der Waals surface area contributed by atoms with Crippen LogP contribution in [0.25, 0.3) is 0 Å². The van der Waals surface area contributed by atoms with Gasteiger partial charge < -0.3 is 14.4 Å². The van der Waals surface area contributed by atoms with Crippen molar-refractivity contribution in [3.05, 3.63) is 0 Å². The number of nitrogens with zero attached hydrogens (tertiary/aromatic N) is 1. The molecule has 0 bridgehead atoms. The van der Waals surface area contributed by atoms with Gasteiger partial charge in [0.15, 0.2) is 6.29 Å². The van der Waals surface area contributed by atoms with Crippen molar-refractivity contribution in [2.24, 2.45) is 17.3 Å². The first-order valence-electron chi connectivity index (χ1n) is 8.94. The molecule has 0 spiro atoms. The number of amides is 1. The smallest absolute Gasteiger partial charge is 0.226 e. The molecule has 3 fully saturated rings. The topological polar surface area (TPSA) is 38.8 Å². The minimum absolute atomic E-state index is 0.0516. The molecule has 2 heterocycles. The van der Waals surface area contributed by atoms with Gasteiger partial charge in [-0.15, -0.1) is 0 Å². The highest BCUT2D eigenvalue weighted by molar-refractivity contribution is 5.82. The van der Waals surface area contributed by atoms with E-state index in [1.54, 1.807) is 0 Å². The standard InChI is InChI=1S/C18H31NO3/c1-12-9-13(22-16-7-5-6-8-21-16)11-19(12)17(20)14-10-15(14)18(2,3)4/h12-16H,5-11H2,1-4H3/t12-,13+,14?,15?,16?/m1/s1. The molecule has 0 N–H and O–H groups in total. The molecule has 0 aromatic rings. The Morgan fingerprint density at radius 3 is 2.59 bits per heavy atom. The maximum absolute atomic E-state index is 12.8. The van der Waals surface area contributed by atoms with Crippen LogP contribution >= 0.6 is 0 Å². The highest BCUT2D eigenvalue weighted by atomic mass is 16.7. The van der Waals surface area contributed by atoms with E-state index in [-0.39, 0.29) is 23.7 Å². The Hall–Kier alpha value is -0.610. The number of carbonyl (C=O) groups excluding carboxylic acids is 1. The Bertz CT molecular complexity index is 411. The van der Waals surface area contributed by atoms with Gasteiger partial charge >= 0.3 is 0 Å². The number of hydrogen-bond acceptors (Lipinski definition) is 3. The van der Waals surface area contributed by atoms with E-state index in [1.807, 2.05) is 0 Å². The molecule has 1 aliphatic carbocycles. The lowest BCUT2D eigenvalue weighted by atomic mass is 9.88. The first-order valence-corrected chi connectivity index (χ1v) is 8.94. The van der Waals surface area contributed by atoms with Gasteiger partial charge in [-0.1, -0.05) is 20.8 Å². The lowest BCUT2D eigenvalue weighted by molar-refractivity contribution is -0.185. The van der Waals surface area contributed by atoms with E-state index in [9.17, 15) is 4.79 Å². The first kappa shape index (κ1) is 16.3. The van der Waals surface area contributed by atoms with E-state index in [0.717, 1.165) is 38.8 Å². The molecule has 22 heavy (non-hydrogen) atoms. The molecule has 1 saturated carbocycles. The highest BCUT2D eigenvalue weighted by Crippen LogP contribution is 2.52. The zero-order valence-electron chi connectivity index (χ0n) is 14.5. The summed E-state index contributed by atoms with van der Waals surface area (Å²) >= 11 is 0. The fraction of sp³-hybridized carbons (Fsp3) is 0.944. The summed E-state index contributed by atoms with van der Waals surface area (Å²) in [5, 5.41) is 0. The van der Waals surface area contributed by atoms with E-state index in [1.165, 1.54) is 6.42 Å². The Labute approximate surface area is 134 Å². The van der Waals surface area contributed by atoms with Gasteiger partial charge in [-0.3, -0.25) is 4.79 Å². The van der Waals surface area contributed by atoms with Gasteiger partial charge in [-0.25, -0.2) is 0 Å². The summed E-state index contributed by atoms with van der Waals surface area (Å²) in [6.45, 7) is 10.4. The molecule has 1 amide bonds. The van der Waals surface area contributed by atoms with Gasteiger partial charge in [0.05, 0.1) is 6.10 Å². The summed E-state index contributed by atoms with van der Waals surface area (Å²) in [6.07, 6.45) is 5.42. The molecule has 5 atom stereocenters. The van der Waals surface area contributed by atoms with Crippen molar-refractivity contribution >= 4 is 5.91 Å². The molecule has 3 aliphatic rings. The average Bonchev–Trinajstić information content (AvgIpc) is 3.18. The van der Waals surface area contributed by atoms with Gasteiger partial charge in [0.2, 0.25) is 5.91 Å². The van der Waals surface area contributed by atoms with Crippen molar-refractivity contribution in [1.82, 2.24) is 4.90 Å². The quantitative estimate of drug-likeness (QED) is 0.803. The Morgan fingerprint density at radius 2 is 2.00 bits per heavy atom. The van der Waals surface area contributed by atoms with Crippen LogP contribution in [-0.2, 0) is 14.3 Å². The van der Waals surface area contributed by atoms with Crippen molar-refractivity contribution < 1.29 is 14.3 Å². The van der Waals surface area contributed by atoms with Gasteiger partial charge in [0.1, 0.15) is 0 Å². The second-order valence-electron chi connectivity index (χ2n) is 8.44. The first-order chi connectivity index (χ1) is 10.4. The van der Waals surface area contributed by atoms with E-state index in [4.69, 9.17) is 9.47 Å². The zero-order chi connectivity index (χ0) is 15.9. The van der Waals surface area contributed by atoms with Crippen molar-refractivity contribution in [3.8, 4) is 0 Å². The monoisotopic (exact) mass is 309 g/mol. The predicted octanol–water partition coefficient (Wildman–Crippen LogP) is 3.20. The molecule has 2 saturated heterocycles. The number of likely N-dealkylation sites (tertiary alicyclic amines) is 1. The molecule has 3 rings (SSSR count). The van der Waals surface area contributed by atoms with E-state index in [0.29, 0.717) is 17.9 Å². The van der Waals surface area contributed by atoms with E-state index < -0.39 is 0 Å². The molecular weight excluding hydrogens is 278 g/mol. The van der Waals surface area contributed by atoms with Gasteiger partial charge in [0, 0.05) is 25.1 Å². The number of carbonyl (C=O) groups is 1. The van der Waals surface area contributed by atoms with Crippen LogP contribution in [0.2, 0.25) is 0 Å². The predicted molar refractivity (Wildman–Crippen MR) is 85.3 cm³/mol. The fourth-order valence-electron chi connectivity index (χ4n) is 4.06. The Balaban J connectivity index is 1.51. The molecule has 0 aromatic heterocycles. The number of hydrogen-bond donors (Lipinski definition) is 0. The van der Waals surface area contributed by atoms with Crippen molar-refractivity contribution in [2.75, 3.05) is 13.2 Å². The minimum atomic E-state index is -0.0516. The lowest BCUT2D eigenvalue weighted by Gasteiger charge is -2.26. The molecule has 3 unspecified atom stereocenters. The molecule has 0 radical (unpaired) electrons. The highest BCUT2D eigenvalue weighted by Gasteiger charge is 2.52. The average molecular weight is 309 g/mol. The molecular formula is C18H31NO3. The molecule has 2 aliphatic heterocycles. The second kappa shape index (κ2) is 6.12. The van der Waals surface area contributed by atoms with Gasteiger partial charge in [-0.05, 0) is 50.4 Å². The SMILES string of the molecule is C[C@@H]1C[C@H](OC2CCCCO2)CN1C(=O)C1CC1C(C)(C)C. The summed E-state index contributed by atoms with van der Waals surface area (Å²) in [5.74, 6) is 1.14. The third-order valence-corrected chi connectivity index (χ3v) is 5.52. The maximum Gasteiger partial charge on any atom is 0.226 e. The van der Waals surface area contributed by atoms with Crippen LogP contribution in [0.1, 0.15) is 59.8 Å². The second-order valence-corrected chi connectivity index (χ2v) is 8.44. The van der Waals surface area contributed by atoms with E-state index >= 15 is 0 Å². The molecule has 0 aromatic carbocycles. The Morgan fingerprint density at radius 1 is 1.23 bits per heavy atom. The van der Waals surface area contributed by atoms with Crippen LogP contribution in [0, 0.1) is 17.3 Å². The van der Waals surface area contributed by atoms with Crippen LogP contribution in [0.5, 0.6) is 0 Å². The van der Waals surface area contributed by atoms with Gasteiger partial charge in [0.25, 0.3) is 0 Å². The van der Waals surface area contributed by atoms with Crippen LogP contribution < -0.4 is 0 Å². The summed E-state index contributed by atoms with van der Waals surface area (Å²) in [4.78, 5) is 14.8. The van der Waals surface area contributed by atoms with Crippen LogP contribution in [0.15, 0.2) is 0 Å². The fourth-order valence-corrected chi connectivity index (χ4v) is 4.06. The van der Waals surface area contributed by atoms with Crippen LogP contribution in [-0.4, -0.2) is 42.4 Å². The van der Waals surface area contributed by atoms with Gasteiger partial charge in [-0.2, -0.15) is 0 Å². The van der Waals surface area contributed by atoms with Crippen LogP contribution in [0.3, 0.4) is 0 Å².